The van der Waals surface area contributed by atoms with Crippen molar-refractivity contribution in [3.05, 3.63) is 114 Å². The van der Waals surface area contributed by atoms with Crippen molar-refractivity contribution in [1.29, 1.82) is 0 Å². The number of benzene rings is 4. The number of hydrogen-bond acceptors (Lipinski definition) is 2. The van der Waals surface area contributed by atoms with Gasteiger partial charge in [0.05, 0.1) is 11.2 Å². The molecule has 0 radical (unpaired) electrons. The minimum absolute atomic E-state index is 0.0665. The van der Waals surface area contributed by atoms with Crippen LogP contribution in [0.1, 0.15) is 56.2 Å². The highest BCUT2D eigenvalue weighted by atomic mass is 16.5. The molecule has 0 amide bonds. The fraction of sp³-hybridized carbons (Fsp3) is 0.273. The number of rotatable bonds is 4. The van der Waals surface area contributed by atoms with E-state index in [2.05, 4.69) is 123 Å². The van der Waals surface area contributed by atoms with Crippen molar-refractivity contribution in [2.75, 3.05) is 4.90 Å². The SMILES string of the molecule is Cc1cc(-c2ccc3c(c2)C(C)(C)OC32CCCC2)ccc1N(c1ccccc1)c1ccccc1. The van der Waals surface area contributed by atoms with Gasteiger partial charge in [-0.2, -0.15) is 0 Å². The van der Waals surface area contributed by atoms with E-state index in [1.165, 1.54) is 46.3 Å². The highest BCUT2D eigenvalue weighted by Crippen LogP contribution is 2.55. The van der Waals surface area contributed by atoms with Gasteiger partial charge < -0.3 is 9.64 Å². The second-order valence-corrected chi connectivity index (χ2v) is 10.6. The van der Waals surface area contributed by atoms with Gasteiger partial charge >= 0.3 is 0 Å². The van der Waals surface area contributed by atoms with E-state index in [1.807, 2.05) is 0 Å². The summed E-state index contributed by atoms with van der Waals surface area (Å²) >= 11 is 0. The Morgan fingerprint density at radius 2 is 1.23 bits per heavy atom. The smallest absolute Gasteiger partial charge is 0.0946 e. The van der Waals surface area contributed by atoms with E-state index < -0.39 is 0 Å². The fourth-order valence-electron chi connectivity index (χ4n) is 6.20. The average Bonchev–Trinajstić information content (AvgIpc) is 3.43. The van der Waals surface area contributed by atoms with Gasteiger partial charge in [0.15, 0.2) is 0 Å². The molecule has 0 aromatic heterocycles. The van der Waals surface area contributed by atoms with Crippen LogP contribution in [0.25, 0.3) is 11.1 Å². The highest BCUT2D eigenvalue weighted by Gasteiger charge is 2.50. The quantitative estimate of drug-likeness (QED) is 0.302. The molecule has 4 aromatic rings. The molecule has 2 nitrogen and oxygen atoms in total. The predicted molar refractivity (Wildman–Crippen MR) is 146 cm³/mol. The summed E-state index contributed by atoms with van der Waals surface area (Å²) in [4.78, 5) is 2.34. The molecule has 176 valence electrons. The molecule has 35 heavy (non-hydrogen) atoms. The Morgan fingerprint density at radius 1 is 0.657 bits per heavy atom. The maximum Gasteiger partial charge on any atom is 0.0946 e. The van der Waals surface area contributed by atoms with Crippen LogP contribution in [0.4, 0.5) is 17.1 Å². The van der Waals surface area contributed by atoms with Crippen LogP contribution in [0.5, 0.6) is 0 Å². The number of nitrogens with zero attached hydrogens (tertiary/aromatic N) is 1. The molecule has 2 aliphatic rings. The summed E-state index contributed by atoms with van der Waals surface area (Å²) in [5, 5.41) is 0. The molecule has 2 heteroatoms. The maximum absolute atomic E-state index is 6.72. The zero-order valence-corrected chi connectivity index (χ0v) is 20.9. The van der Waals surface area contributed by atoms with Gasteiger partial charge in [-0.3, -0.25) is 0 Å². The third kappa shape index (κ3) is 3.77. The number of hydrogen-bond donors (Lipinski definition) is 0. The van der Waals surface area contributed by atoms with Gasteiger partial charge in [0.2, 0.25) is 0 Å². The van der Waals surface area contributed by atoms with Crippen LogP contribution in [0.15, 0.2) is 97.1 Å². The molecule has 0 saturated heterocycles. The molecular formula is C33H33NO. The van der Waals surface area contributed by atoms with Crippen molar-refractivity contribution in [2.45, 2.75) is 57.7 Å². The lowest BCUT2D eigenvalue weighted by atomic mass is 9.85. The molecule has 1 fully saturated rings. The molecular weight excluding hydrogens is 426 g/mol. The molecule has 6 rings (SSSR count). The van der Waals surface area contributed by atoms with Crippen molar-refractivity contribution in [2.24, 2.45) is 0 Å². The molecule has 0 N–H and O–H groups in total. The first-order valence-electron chi connectivity index (χ1n) is 12.8. The first-order valence-corrected chi connectivity index (χ1v) is 12.8. The Balaban J connectivity index is 1.41. The second-order valence-electron chi connectivity index (χ2n) is 10.6. The molecule has 1 saturated carbocycles. The molecule has 1 spiro atoms. The van der Waals surface area contributed by atoms with Crippen LogP contribution in [-0.4, -0.2) is 0 Å². The van der Waals surface area contributed by atoms with Crippen LogP contribution >= 0.6 is 0 Å². The Bertz CT molecular complexity index is 1310. The predicted octanol–water partition coefficient (Wildman–Crippen LogP) is 9.17. The average molecular weight is 460 g/mol. The molecule has 1 aliphatic heterocycles. The summed E-state index contributed by atoms with van der Waals surface area (Å²) in [6.45, 7) is 6.68. The van der Waals surface area contributed by atoms with Gasteiger partial charge in [0.25, 0.3) is 0 Å². The second kappa shape index (κ2) is 8.39. The van der Waals surface area contributed by atoms with E-state index in [0.717, 1.165) is 24.2 Å². The molecule has 1 aliphatic carbocycles. The zero-order valence-electron chi connectivity index (χ0n) is 20.9. The van der Waals surface area contributed by atoms with E-state index in [9.17, 15) is 0 Å². The van der Waals surface area contributed by atoms with E-state index >= 15 is 0 Å². The van der Waals surface area contributed by atoms with E-state index in [4.69, 9.17) is 4.74 Å². The zero-order chi connectivity index (χ0) is 24.0. The van der Waals surface area contributed by atoms with Crippen molar-refractivity contribution < 1.29 is 4.74 Å². The molecule has 0 unspecified atom stereocenters. The third-order valence-corrected chi connectivity index (χ3v) is 7.82. The monoisotopic (exact) mass is 459 g/mol. The lowest BCUT2D eigenvalue weighted by Gasteiger charge is -2.28. The van der Waals surface area contributed by atoms with Crippen molar-refractivity contribution in [3.63, 3.8) is 0 Å². The van der Waals surface area contributed by atoms with Gasteiger partial charge in [-0.05, 0) is 104 Å². The Kier molecular flexibility index (Phi) is 5.30. The Morgan fingerprint density at radius 3 is 1.83 bits per heavy atom. The summed E-state index contributed by atoms with van der Waals surface area (Å²) in [6, 6.07) is 35.1. The molecule has 4 aromatic carbocycles. The van der Waals surface area contributed by atoms with Gasteiger partial charge in [0.1, 0.15) is 0 Å². The number of ether oxygens (including phenoxy) is 1. The number of aryl methyl sites for hydroxylation is 1. The first-order chi connectivity index (χ1) is 17.0. The van der Waals surface area contributed by atoms with Crippen molar-refractivity contribution in [1.82, 2.24) is 0 Å². The third-order valence-electron chi connectivity index (χ3n) is 7.82. The lowest BCUT2D eigenvalue weighted by Crippen LogP contribution is -2.25. The van der Waals surface area contributed by atoms with Gasteiger partial charge in [-0.25, -0.2) is 0 Å². The lowest BCUT2D eigenvalue weighted by molar-refractivity contribution is -0.122. The highest BCUT2D eigenvalue weighted by molar-refractivity contribution is 5.80. The van der Waals surface area contributed by atoms with Crippen LogP contribution in [0, 0.1) is 6.92 Å². The van der Waals surface area contributed by atoms with Crippen molar-refractivity contribution >= 4 is 17.1 Å². The Hall–Kier alpha value is -3.36. The fourth-order valence-corrected chi connectivity index (χ4v) is 6.20. The molecule has 0 atom stereocenters. The molecule has 0 bridgehead atoms. The Labute approximate surface area is 209 Å². The van der Waals surface area contributed by atoms with E-state index in [-0.39, 0.29) is 11.2 Å². The van der Waals surface area contributed by atoms with E-state index in [0.29, 0.717) is 0 Å². The first kappa shape index (κ1) is 22.1. The van der Waals surface area contributed by atoms with Gasteiger partial charge in [-0.1, -0.05) is 67.4 Å². The van der Waals surface area contributed by atoms with E-state index in [1.54, 1.807) is 0 Å². The summed E-state index contributed by atoms with van der Waals surface area (Å²) < 4.78 is 6.72. The maximum atomic E-state index is 6.72. The summed E-state index contributed by atoms with van der Waals surface area (Å²) in [7, 11) is 0. The summed E-state index contributed by atoms with van der Waals surface area (Å²) in [5.41, 5.74) is 9.73. The number of fused-ring (bicyclic) bond motifs is 2. The van der Waals surface area contributed by atoms with Gasteiger partial charge in [0, 0.05) is 17.1 Å². The molecule has 1 heterocycles. The minimum Gasteiger partial charge on any atom is -0.360 e. The van der Waals surface area contributed by atoms with Crippen LogP contribution in [0.2, 0.25) is 0 Å². The summed E-state index contributed by atoms with van der Waals surface area (Å²) in [5.74, 6) is 0. The summed E-state index contributed by atoms with van der Waals surface area (Å²) in [6.07, 6.45) is 4.81. The number of para-hydroxylation sites is 2. The van der Waals surface area contributed by atoms with Crippen LogP contribution in [0.3, 0.4) is 0 Å². The largest absolute Gasteiger partial charge is 0.360 e. The number of anilines is 3. The van der Waals surface area contributed by atoms with Crippen molar-refractivity contribution in [3.8, 4) is 11.1 Å². The van der Waals surface area contributed by atoms with Crippen LogP contribution in [-0.2, 0) is 15.9 Å². The standard InChI is InChI=1S/C33H33NO/c1-24-22-25(26-16-18-29-30(23-26)32(2,3)35-33(29)20-10-11-21-33)17-19-31(24)34(27-12-6-4-7-13-27)28-14-8-5-9-15-28/h4-9,12-19,22-23H,10-11,20-21H2,1-3H3. The van der Waals surface area contributed by atoms with Crippen LogP contribution < -0.4 is 4.90 Å². The minimum atomic E-state index is -0.248. The normalized spacial score (nSPS) is 17.5. The topological polar surface area (TPSA) is 12.5 Å². The van der Waals surface area contributed by atoms with Gasteiger partial charge in [-0.15, -0.1) is 0 Å².